The highest BCUT2D eigenvalue weighted by molar-refractivity contribution is 6.00. The van der Waals surface area contributed by atoms with Crippen molar-refractivity contribution in [2.45, 2.75) is 34.1 Å². The van der Waals surface area contributed by atoms with Crippen molar-refractivity contribution in [3.63, 3.8) is 0 Å². The molecule has 1 aromatic carbocycles. The van der Waals surface area contributed by atoms with Crippen molar-refractivity contribution in [1.29, 1.82) is 0 Å². The number of carbonyl (C=O) groups excluding carboxylic acids is 1. The van der Waals surface area contributed by atoms with Crippen molar-refractivity contribution < 1.29 is 4.79 Å². The maximum absolute atomic E-state index is 11.9. The zero-order valence-corrected chi connectivity index (χ0v) is 11.1. The lowest BCUT2D eigenvalue weighted by Crippen LogP contribution is -2.25. The number of benzene rings is 1. The van der Waals surface area contributed by atoms with Crippen molar-refractivity contribution in [2.24, 2.45) is 0 Å². The highest BCUT2D eigenvalue weighted by atomic mass is 16.1. The van der Waals surface area contributed by atoms with Gasteiger partial charge in [0.1, 0.15) is 0 Å². The van der Waals surface area contributed by atoms with Crippen LogP contribution in [0.5, 0.6) is 0 Å². The Morgan fingerprint density at radius 3 is 2.47 bits per heavy atom. The molecule has 1 aromatic rings. The van der Waals surface area contributed by atoms with Crippen LogP contribution >= 0.6 is 0 Å². The summed E-state index contributed by atoms with van der Waals surface area (Å²) in [5, 5.41) is 2.91. The van der Waals surface area contributed by atoms with E-state index < -0.39 is 0 Å². The number of allylic oxidation sites excluding steroid dienone is 1. The second-order valence-corrected chi connectivity index (χ2v) is 4.32. The third kappa shape index (κ3) is 3.45. The number of hydrogen-bond donors (Lipinski definition) is 1. The van der Waals surface area contributed by atoms with Gasteiger partial charge in [-0.05, 0) is 43.9 Å². The molecule has 1 rings (SSSR count). The van der Waals surface area contributed by atoms with Gasteiger partial charge in [-0.15, -0.1) is 0 Å². The van der Waals surface area contributed by atoms with Crippen molar-refractivity contribution in [1.82, 2.24) is 5.32 Å². The molecule has 92 valence electrons. The number of nitrogens with one attached hydrogen (secondary N) is 1. The predicted octanol–water partition coefficient (Wildman–Crippen LogP) is 3.31. The smallest absolute Gasteiger partial charge is 0.247 e. The largest absolute Gasteiger partial charge is 0.352 e. The fourth-order valence-corrected chi connectivity index (χ4v) is 1.74. The first kappa shape index (κ1) is 13.5. The number of carbonyl (C=O) groups is 1. The van der Waals surface area contributed by atoms with E-state index in [0.717, 1.165) is 29.7 Å². The van der Waals surface area contributed by atoms with Crippen LogP contribution in [0.1, 0.15) is 38.3 Å². The summed E-state index contributed by atoms with van der Waals surface area (Å²) in [5.74, 6) is 0.0348. The molecule has 0 unspecified atom stereocenters. The van der Waals surface area contributed by atoms with Gasteiger partial charge >= 0.3 is 0 Å². The van der Waals surface area contributed by atoms with Crippen LogP contribution in [-0.4, -0.2) is 12.5 Å². The first-order chi connectivity index (χ1) is 8.07. The Kier molecular flexibility index (Phi) is 4.95. The molecule has 1 N–H and O–H groups in total. The molecule has 0 aliphatic rings. The van der Waals surface area contributed by atoms with Crippen LogP contribution in [0.15, 0.2) is 29.8 Å². The van der Waals surface area contributed by atoms with Crippen molar-refractivity contribution in [3.05, 3.63) is 41.0 Å². The average Bonchev–Trinajstić information content (AvgIpc) is 2.34. The highest BCUT2D eigenvalue weighted by Crippen LogP contribution is 2.21. The predicted molar refractivity (Wildman–Crippen MR) is 72.7 cm³/mol. The standard InChI is InChI=1S/C15H21NO/c1-5-10-16-15(17)13(4)12(3)14-9-7-6-8-11(14)2/h6-9H,5,10H2,1-4H3,(H,16,17). The molecule has 17 heavy (non-hydrogen) atoms. The fourth-order valence-electron chi connectivity index (χ4n) is 1.74. The van der Waals surface area contributed by atoms with E-state index in [4.69, 9.17) is 0 Å². The monoisotopic (exact) mass is 231 g/mol. The molecule has 0 aromatic heterocycles. The van der Waals surface area contributed by atoms with Gasteiger partial charge in [0, 0.05) is 12.1 Å². The fraction of sp³-hybridized carbons (Fsp3) is 0.400. The van der Waals surface area contributed by atoms with Crippen LogP contribution in [0.2, 0.25) is 0 Å². The van der Waals surface area contributed by atoms with E-state index in [-0.39, 0.29) is 5.91 Å². The molecule has 0 saturated carbocycles. The first-order valence-electron chi connectivity index (χ1n) is 6.09. The minimum absolute atomic E-state index is 0.0348. The van der Waals surface area contributed by atoms with E-state index in [2.05, 4.69) is 24.4 Å². The van der Waals surface area contributed by atoms with Gasteiger partial charge in [-0.25, -0.2) is 0 Å². The van der Waals surface area contributed by atoms with Crippen molar-refractivity contribution in [3.8, 4) is 0 Å². The molecule has 0 bridgehead atoms. The minimum Gasteiger partial charge on any atom is -0.352 e. The summed E-state index contributed by atoms with van der Waals surface area (Å²) in [6.07, 6.45) is 0.961. The van der Waals surface area contributed by atoms with Gasteiger partial charge in [-0.2, -0.15) is 0 Å². The van der Waals surface area contributed by atoms with Crippen LogP contribution in [0.3, 0.4) is 0 Å². The molecule has 0 saturated heterocycles. The summed E-state index contributed by atoms with van der Waals surface area (Å²) in [5.41, 5.74) is 4.20. The summed E-state index contributed by atoms with van der Waals surface area (Å²) in [6.45, 7) is 8.73. The molecular formula is C15H21NO. The van der Waals surface area contributed by atoms with Gasteiger partial charge in [0.25, 0.3) is 0 Å². The molecule has 0 radical (unpaired) electrons. The Labute approximate surface area is 104 Å². The van der Waals surface area contributed by atoms with E-state index in [9.17, 15) is 4.79 Å². The SMILES string of the molecule is CCCNC(=O)C(C)=C(C)c1ccccc1C. The van der Waals surface area contributed by atoms with Gasteiger partial charge < -0.3 is 5.32 Å². The van der Waals surface area contributed by atoms with Gasteiger partial charge in [0.2, 0.25) is 5.91 Å². The normalized spacial score (nSPS) is 12.0. The molecular weight excluding hydrogens is 210 g/mol. The molecule has 2 heteroatoms. The minimum atomic E-state index is 0.0348. The maximum atomic E-state index is 11.9. The molecule has 0 atom stereocenters. The number of amides is 1. The molecule has 0 spiro atoms. The summed E-state index contributed by atoms with van der Waals surface area (Å²) < 4.78 is 0. The molecule has 2 nitrogen and oxygen atoms in total. The summed E-state index contributed by atoms with van der Waals surface area (Å²) in [4.78, 5) is 11.9. The van der Waals surface area contributed by atoms with Crippen LogP contribution in [-0.2, 0) is 4.79 Å². The zero-order valence-electron chi connectivity index (χ0n) is 11.1. The van der Waals surface area contributed by atoms with Crippen molar-refractivity contribution in [2.75, 3.05) is 6.54 Å². The van der Waals surface area contributed by atoms with Gasteiger partial charge in [-0.3, -0.25) is 4.79 Å². The van der Waals surface area contributed by atoms with Gasteiger partial charge in [0.05, 0.1) is 0 Å². The third-order valence-corrected chi connectivity index (χ3v) is 2.99. The molecule has 0 heterocycles. The second-order valence-electron chi connectivity index (χ2n) is 4.32. The summed E-state index contributed by atoms with van der Waals surface area (Å²) in [6, 6.07) is 8.14. The average molecular weight is 231 g/mol. The van der Waals surface area contributed by atoms with E-state index in [1.54, 1.807) is 0 Å². The zero-order chi connectivity index (χ0) is 12.8. The quantitative estimate of drug-likeness (QED) is 0.791. The molecule has 0 fully saturated rings. The van der Waals surface area contributed by atoms with Crippen LogP contribution in [0.25, 0.3) is 5.57 Å². The number of rotatable bonds is 4. The second kappa shape index (κ2) is 6.24. The van der Waals surface area contributed by atoms with E-state index in [0.29, 0.717) is 0 Å². The van der Waals surface area contributed by atoms with Crippen LogP contribution in [0, 0.1) is 6.92 Å². The number of aryl methyl sites for hydroxylation is 1. The molecule has 0 aliphatic heterocycles. The Hall–Kier alpha value is -1.57. The summed E-state index contributed by atoms with van der Waals surface area (Å²) in [7, 11) is 0. The molecule has 1 amide bonds. The lowest BCUT2D eigenvalue weighted by Gasteiger charge is -2.10. The lowest BCUT2D eigenvalue weighted by molar-refractivity contribution is -0.117. The Balaban J connectivity index is 2.97. The Bertz CT molecular complexity index is 432. The molecule has 0 aliphatic carbocycles. The topological polar surface area (TPSA) is 29.1 Å². The van der Waals surface area contributed by atoms with E-state index in [1.807, 2.05) is 32.9 Å². The van der Waals surface area contributed by atoms with E-state index in [1.165, 1.54) is 5.56 Å². The van der Waals surface area contributed by atoms with E-state index >= 15 is 0 Å². The summed E-state index contributed by atoms with van der Waals surface area (Å²) >= 11 is 0. The van der Waals surface area contributed by atoms with Crippen LogP contribution in [0.4, 0.5) is 0 Å². The lowest BCUT2D eigenvalue weighted by atomic mass is 9.98. The Morgan fingerprint density at radius 1 is 1.24 bits per heavy atom. The highest BCUT2D eigenvalue weighted by Gasteiger charge is 2.09. The van der Waals surface area contributed by atoms with Crippen molar-refractivity contribution >= 4 is 11.5 Å². The Morgan fingerprint density at radius 2 is 1.88 bits per heavy atom. The third-order valence-electron chi connectivity index (χ3n) is 2.99. The first-order valence-corrected chi connectivity index (χ1v) is 6.09. The van der Waals surface area contributed by atoms with Gasteiger partial charge in [-0.1, -0.05) is 31.2 Å². The van der Waals surface area contributed by atoms with Gasteiger partial charge in [0.15, 0.2) is 0 Å². The maximum Gasteiger partial charge on any atom is 0.247 e. The van der Waals surface area contributed by atoms with Crippen LogP contribution < -0.4 is 5.32 Å². The number of hydrogen-bond acceptors (Lipinski definition) is 1.